The number of sulfonamides is 1. The van der Waals surface area contributed by atoms with Crippen LogP contribution in [-0.2, 0) is 19.6 Å². The van der Waals surface area contributed by atoms with E-state index in [1.807, 2.05) is 37.3 Å². The fourth-order valence-electron chi connectivity index (χ4n) is 3.78. The maximum atomic E-state index is 13.6. The SMILES string of the molecule is COC(=O)/C(=C/c1ccccc1)[C@H]1[C@@H](c2ccccc2Cl)N1S(=O)(=O)c1ccc(C)cc1. The molecule has 3 aromatic rings. The third-order valence-electron chi connectivity index (χ3n) is 5.44. The predicted octanol–water partition coefficient (Wildman–Crippen LogP) is 5.02. The number of nitrogens with zero attached hydrogens (tertiary/aromatic N) is 1. The van der Waals surface area contributed by atoms with Crippen LogP contribution in [0.5, 0.6) is 0 Å². The summed E-state index contributed by atoms with van der Waals surface area (Å²) >= 11 is 6.43. The van der Waals surface area contributed by atoms with E-state index in [4.69, 9.17) is 16.3 Å². The summed E-state index contributed by atoms with van der Waals surface area (Å²) in [6, 6.07) is 21.6. The number of halogens is 1. The second-order valence-electron chi connectivity index (χ2n) is 7.56. The number of rotatable bonds is 6. The number of hydrogen-bond donors (Lipinski definition) is 0. The van der Waals surface area contributed by atoms with E-state index in [1.165, 1.54) is 11.4 Å². The molecule has 0 amide bonds. The van der Waals surface area contributed by atoms with Crippen molar-refractivity contribution in [2.45, 2.75) is 23.9 Å². The van der Waals surface area contributed by atoms with Crippen molar-refractivity contribution in [3.63, 3.8) is 0 Å². The van der Waals surface area contributed by atoms with Gasteiger partial charge in [0.05, 0.1) is 29.7 Å². The van der Waals surface area contributed by atoms with Crippen LogP contribution in [0.15, 0.2) is 89.3 Å². The number of hydrogen-bond acceptors (Lipinski definition) is 4. The number of carbonyl (C=O) groups excluding carboxylic acids is 1. The van der Waals surface area contributed by atoms with Gasteiger partial charge in [0.25, 0.3) is 0 Å². The van der Waals surface area contributed by atoms with Crippen LogP contribution in [0, 0.1) is 6.92 Å². The Morgan fingerprint density at radius 3 is 2.22 bits per heavy atom. The molecule has 1 heterocycles. The Hall–Kier alpha value is -2.93. The largest absolute Gasteiger partial charge is 0.466 e. The summed E-state index contributed by atoms with van der Waals surface area (Å²) in [5.74, 6) is -0.586. The third kappa shape index (κ3) is 4.21. The molecule has 1 fully saturated rings. The maximum Gasteiger partial charge on any atom is 0.335 e. The van der Waals surface area contributed by atoms with Crippen LogP contribution in [0.4, 0.5) is 0 Å². The highest BCUT2D eigenvalue weighted by molar-refractivity contribution is 7.89. The molecule has 1 aliphatic heterocycles. The van der Waals surface area contributed by atoms with Gasteiger partial charge in [0.1, 0.15) is 0 Å². The van der Waals surface area contributed by atoms with Crippen LogP contribution in [0.25, 0.3) is 6.08 Å². The molecule has 4 rings (SSSR count). The van der Waals surface area contributed by atoms with Crippen molar-refractivity contribution in [2.75, 3.05) is 7.11 Å². The summed E-state index contributed by atoms with van der Waals surface area (Å²) in [6.45, 7) is 1.89. The molecular formula is C25H22ClNO4S. The number of carbonyl (C=O) groups is 1. The Morgan fingerprint density at radius 2 is 1.59 bits per heavy atom. The average Bonchev–Trinajstić information content (AvgIpc) is 3.54. The summed E-state index contributed by atoms with van der Waals surface area (Å²) in [5.41, 5.74) is 2.61. The lowest BCUT2D eigenvalue weighted by Crippen LogP contribution is -2.19. The highest BCUT2D eigenvalue weighted by Gasteiger charge is 2.60. The molecule has 1 unspecified atom stereocenters. The lowest BCUT2D eigenvalue weighted by atomic mass is 10.0. The first kappa shape index (κ1) is 22.3. The normalized spacial score (nSPS) is 20.6. The lowest BCUT2D eigenvalue weighted by Gasteiger charge is -2.09. The molecule has 0 saturated carbocycles. The maximum absolute atomic E-state index is 13.6. The van der Waals surface area contributed by atoms with E-state index in [0.717, 1.165) is 11.1 Å². The first-order valence-corrected chi connectivity index (χ1v) is 11.9. The van der Waals surface area contributed by atoms with Gasteiger partial charge in [0, 0.05) is 5.02 Å². The molecular weight excluding hydrogens is 446 g/mol. The number of benzene rings is 3. The predicted molar refractivity (Wildman–Crippen MR) is 125 cm³/mol. The van der Waals surface area contributed by atoms with E-state index in [-0.39, 0.29) is 10.5 Å². The van der Waals surface area contributed by atoms with Crippen molar-refractivity contribution in [1.82, 2.24) is 4.31 Å². The molecule has 1 saturated heterocycles. The monoisotopic (exact) mass is 467 g/mol. The van der Waals surface area contributed by atoms with Gasteiger partial charge in [-0.05, 0) is 42.3 Å². The fourth-order valence-corrected chi connectivity index (χ4v) is 5.76. The molecule has 0 bridgehead atoms. The van der Waals surface area contributed by atoms with Crippen LogP contribution < -0.4 is 0 Å². The highest BCUT2D eigenvalue weighted by Crippen LogP contribution is 2.53. The van der Waals surface area contributed by atoms with Crippen molar-refractivity contribution >= 4 is 33.7 Å². The van der Waals surface area contributed by atoms with Crippen LogP contribution >= 0.6 is 11.6 Å². The van der Waals surface area contributed by atoms with Crippen LogP contribution in [0.3, 0.4) is 0 Å². The van der Waals surface area contributed by atoms with Gasteiger partial charge in [-0.15, -0.1) is 0 Å². The molecule has 0 spiro atoms. The van der Waals surface area contributed by atoms with Gasteiger partial charge in [-0.3, -0.25) is 0 Å². The van der Waals surface area contributed by atoms with Crippen molar-refractivity contribution in [1.29, 1.82) is 0 Å². The lowest BCUT2D eigenvalue weighted by molar-refractivity contribution is -0.136. The Bertz CT molecular complexity index is 1270. The second kappa shape index (κ2) is 8.90. The van der Waals surface area contributed by atoms with E-state index in [9.17, 15) is 13.2 Å². The van der Waals surface area contributed by atoms with Gasteiger partial charge < -0.3 is 4.74 Å². The minimum absolute atomic E-state index is 0.159. The quantitative estimate of drug-likeness (QED) is 0.290. The van der Waals surface area contributed by atoms with Gasteiger partial charge in [-0.2, -0.15) is 4.31 Å². The van der Waals surface area contributed by atoms with E-state index >= 15 is 0 Å². The summed E-state index contributed by atoms with van der Waals surface area (Å²) < 4.78 is 33.5. The average molecular weight is 468 g/mol. The standard InChI is InChI=1S/C25H22ClNO4S/c1-17-12-14-19(15-13-17)32(29,30)27-23(20-10-6-7-11-22(20)26)24(27)21(25(28)31-2)16-18-8-4-3-5-9-18/h3-16,23-24H,1-2H3/b21-16+/t23-,24+,27?/m1/s1. The minimum atomic E-state index is -3.90. The minimum Gasteiger partial charge on any atom is -0.466 e. The van der Waals surface area contributed by atoms with E-state index in [0.29, 0.717) is 10.6 Å². The van der Waals surface area contributed by atoms with Crippen LogP contribution in [0.2, 0.25) is 5.02 Å². The van der Waals surface area contributed by atoms with Crippen molar-refractivity contribution in [2.24, 2.45) is 0 Å². The molecule has 0 radical (unpaired) electrons. The zero-order valence-corrected chi connectivity index (χ0v) is 19.2. The van der Waals surface area contributed by atoms with Crippen molar-refractivity contribution < 1.29 is 17.9 Å². The van der Waals surface area contributed by atoms with Gasteiger partial charge in [-0.25, -0.2) is 13.2 Å². The second-order valence-corrected chi connectivity index (χ2v) is 9.81. The van der Waals surface area contributed by atoms with E-state index < -0.39 is 28.1 Å². The molecule has 3 atom stereocenters. The first-order chi connectivity index (χ1) is 15.3. The van der Waals surface area contributed by atoms with Gasteiger partial charge in [0.15, 0.2) is 0 Å². The Kier molecular flexibility index (Phi) is 6.20. The number of esters is 1. The summed E-state index contributed by atoms with van der Waals surface area (Å²) in [6.07, 6.45) is 1.67. The number of ether oxygens (including phenoxy) is 1. The zero-order valence-electron chi connectivity index (χ0n) is 17.6. The van der Waals surface area contributed by atoms with E-state index in [1.54, 1.807) is 54.6 Å². The van der Waals surface area contributed by atoms with Crippen molar-refractivity contribution in [3.05, 3.63) is 106 Å². The Morgan fingerprint density at radius 1 is 0.969 bits per heavy atom. The van der Waals surface area contributed by atoms with E-state index in [2.05, 4.69) is 0 Å². The molecule has 0 aliphatic carbocycles. The van der Waals surface area contributed by atoms with Crippen LogP contribution in [-0.4, -0.2) is 31.8 Å². The highest BCUT2D eigenvalue weighted by atomic mass is 35.5. The number of methoxy groups -OCH3 is 1. The Balaban J connectivity index is 1.85. The molecule has 5 nitrogen and oxygen atoms in total. The summed E-state index contributed by atoms with van der Waals surface area (Å²) in [5, 5.41) is 0.438. The first-order valence-electron chi connectivity index (χ1n) is 10.0. The van der Waals surface area contributed by atoms with Gasteiger partial charge >= 0.3 is 5.97 Å². The summed E-state index contributed by atoms with van der Waals surface area (Å²) in [7, 11) is -2.61. The molecule has 0 N–H and O–H groups in total. The molecule has 0 aromatic heterocycles. The third-order valence-corrected chi connectivity index (χ3v) is 7.66. The molecule has 3 aromatic carbocycles. The molecule has 7 heteroatoms. The van der Waals surface area contributed by atoms with Gasteiger partial charge in [0.2, 0.25) is 10.0 Å². The Labute approximate surface area is 193 Å². The van der Waals surface area contributed by atoms with Crippen LogP contribution in [0.1, 0.15) is 22.7 Å². The van der Waals surface area contributed by atoms with Crippen molar-refractivity contribution in [3.8, 4) is 0 Å². The smallest absolute Gasteiger partial charge is 0.335 e. The molecule has 1 aliphatic rings. The molecule has 32 heavy (non-hydrogen) atoms. The van der Waals surface area contributed by atoms with Gasteiger partial charge in [-0.1, -0.05) is 77.8 Å². The fraction of sp³-hybridized carbons (Fsp3) is 0.160. The number of aryl methyl sites for hydroxylation is 1. The molecule has 164 valence electrons. The topological polar surface area (TPSA) is 63.5 Å². The zero-order chi connectivity index (χ0) is 22.9. The summed E-state index contributed by atoms with van der Waals surface area (Å²) in [4.78, 5) is 12.9.